The number of para-hydroxylation sites is 1. The van der Waals surface area contributed by atoms with Crippen LogP contribution in [0.15, 0.2) is 65.6 Å². The zero-order valence-corrected chi connectivity index (χ0v) is 21.5. The monoisotopic (exact) mass is 527 g/mol. The Morgan fingerprint density at radius 3 is 2.19 bits per heavy atom. The second-order valence-corrected chi connectivity index (χ2v) is 10.1. The maximum absolute atomic E-state index is 13.2. The minimum Gasteiger partial charge on any atom is -0.493 e. The van der Waals surface area contributed by atoms with Gasteiger partial charge in [-0.05, 0) is 66.7 Å². The molecule has 11 heteroatoms. The molecule has 0 saturated carbocycles. The van der Waals surface area contributed by atoms with Crippen LogP contribution >= 0.6 is 12.2 Å². The topological polar surface area (TPSA) is 106 Å². The van der Waals surface area contributed by atoms with Gasteiger partial charge in [-0.25, -0.2) is 8.42 Å². The van der Waals surface area contributed by atoms with Crippen LogP contribution in [0.2, 0.25) is 0 Å². The molecule has 1 amide bonds. The number of amides is 1. The number of carbonyl (C=O) groups excluding carboxylic acids is 1. The third kappa shape index (κ3) is 4.93. The molecule has 0 aromatic heterocycles. The molecule has 1 heterocycles. The quantitative estimate of drug-likeness (QED) is 0.449. The lowest BCUT2D eigenvalue weighted by atomic mass is 10.1. The van der Waals surface area contributed by atoms with E-state index in [9.17, 15) is 13.2 Å². The molecule has 0 radical (unpaired) electrons. The highest BCUT2D eigenvalue weighted by molar-refractivity contribution is 7.92. The number of hydrogen-bond acceptors (Lipinski definition) is 7. The molecule has 0 spiro atoms. The van der Waals surface area contributed by atoms with Gasteiger partial charge in [-0.1, -0.05) is 18.2 Å². The summed E-state index contributed by atoms with van der Waals surface area (Å²) in [4.78, 5) is 12.9. The molecule has 0 saturated heterocycles. The maximum atomic E-state index is 13.2. The van der Waals surface area contributed by atoms with Crippen molar-refractivity contribution in [1.29, 1.82) is 0 Å². The summed E-state index contributed by atoms with van der Waals surface area (Å²) in [5, 5.41) is 5.52. The Kier molecular flexibility index (Phi) is 7.32. The molecule has 0 bridgehead atoms. The Balaban J connectivity index is 1.44. The molecule has 188 valence electrons. The average molecular weight is 528 g/mol. The van der Waals surface area contributed by atoms with E-state index in [-0.39, 0.29) is 15.6 Å². The van der Waals surface area contributed by atoms with Crippen molar-refractivity contribution >= 4 is 44.6 Å². The van der Waals surface area contributed by atoms with E-state index in [1.54, 1.807) is 12.1 Å². The van der Waals surface area contributed by atoms with Gasteiger partial charge in [-0.15, -0.1) is 0 Å². The van der Waals surface area contributed by atoms with Crippen molar-refractivity contribution < 1.29 is 27.4 Å². The number of nitrogens with one attached hydrogen (secondary N) is 2. The van der Waals surface area contributed by atoms with Crippen molar-refractivity contribution in [2.75, 3.05) is 37.5 Å². The van der Waals surface area contributed by atoms with E-state index in [1.807, 2.05) is 24.3 Å². The van der Waals surface area contributed by atoms with Gasteiger partial charge in [-0.2, -0.15) is 0 Å². The van der Waals surface area contributed by atoms with Crippen LogP contribution in [0, 0.1) is 0 Å². The number of carbonyl (C=O) groups is 1. The summed E-state index contributed by atoms with van der Waals surface area (Å²) >= 11 is 5.26. The van der Waals surface area contributed by atoms with Crippen molar-refractivity contribution in [3.05, 3.63) is 71.8 Å². The summed E-state index contributed by atoms with van der Waals surface area (Å²) in [6, 6.07) is 16.7. The minimum atomic E-state index is -3.70. The van der Waals surface area contributed by atoms with Gasteiger partial charge < -0.3 is 19.5 Å². The normalized spacial score (nSPS) is 12.5. The van der Waals surface area contributed by atoms with Crippen molar-refractivity contribution in [1.82, 2.24) is 5.32 Å². The molecule has 3 aromatic rings. The van der Waals surface area contributed by atoms with Crippen molar-refractivity contribution in [3.63, 3.8) is 0 Å². The molecule has 1 aliphatic rings. The molecular weight excluding hydrogens is 502 g/mol. The molecule has 0 unspecified atom stereocenters. The Labute approximate surface area is 215 Å². The van der Waals surface area contributed by atoms with E-state index in [1.165, 1.54) is 49.9 Å². The highest BCUT2D eigenvalue weighted by Crippen LogP contribution is 2.38. The third-order valence-corrected chi connectivity index (χ3v) is 7.73. The van der Waals surface area contributed by atoms with Gasteiger partial charge in [-0.3, -0.25) is 14.4 Å². The predicted molar refractivity (Wildman–Crippen MR) is 141 cm³/mol. The van der Waals surface area contributed by atoms with Gasteiger partial charge in [0.05, 0.1) is 31.9 Å². The summed E-state index contributed by atoms with van der Waals surface area (Å²) in [5.74, 6) is 0.542. The van der Waals surface area contributed by atoms with Crippen LogP contribution in [0.25, 0.3) is 0 Å². The third-order valence-electron chi connectivity index (χ3n) is 5.70. The van der Waals surface area contributed by atoms with Crippen LogP contribution in [0.4, 0.5) is 11.4 Å². The molecule has 4 rings (SSSR count). The second-order valence-electron chi connectivity index (χ2n) is 7.80. The Bertz CT molecular complexity index is 1380. The summed E-state index contributed by atoms with van der Waals surface area (Å²) < 4.78 is 43.6. The molecule has 36 heavy (non-hydrogen) atoms. The number of hydrogen-bond donors (Lipinski definition) is 2. The highest BCUT2D eigenvalue weighted by Gasteiger charge is 2.30. The number of rotatable bonds is 7. The molecule has 1 aliphatic heterocycles. The minimum absolute atomic E-state index is 0.0397. The molecule has 0 aliphatic carbocycles. The van der Waals surface area contributed by atoms with Gasteiger partial charge in [0.15, 0.2) is 16.6 Å². The van der Waals surface area contributed by atoms with E-state index >= 15 is 0 Å². The molecule has 0 fully saturated rings. The van der Waals surface area contributed by atoms with Gasteiger partial charge in [0, 0.05) is 17.8 Å². The van der Waals surface area contributed by atoms with Gasteiger partial charge in [0.25, 0.3) is 15.9 Å². The molecule has 3 aromatic carbocycles. The van der Waals surface area contributed by atoms with E-state index in [0.29, 0.717) is 41.6 Å². The average Bonchev–Trinajstić information content (AvgIpc) is 3.33. The number of benzene rings is 3. The number of thiocarbonyl (C=S) groups is 1. The van der Waals surface area contributed by atoms with E-state index in [2.05, 4.69) is 10.6 Å². The molecule has 2 N–H and O–H groups in total. The zero-order chi connectivity index (χ0) is 25.9. The van der Waals surface area contributed by atoms with Crippen molar-refractivity contribution in [2.24, 2.45) is 0 Å². The van der Waals surface area contributed by atoms with Crippen LogP contribution < -0.4 is 29.1 Å². The second kappa shape index (κ2) is 10.4. The fourth-order valence-corrected chi connectivity index (χ4v) is 5.66. The highest BCUT2D eigenvalue weighted by atomic mass is 32.2. The first-order chi connectivity index (χ1) is 17.3. The first-order valence-electron chi connectivity index (χ1n) is 10.9. The Morgan fingerprint density at radius 2 is 1.58 bits per heavy atom. The first-order valence-corrected chi connectivity index (χ1v) is 12.8. The number of sulfonamides is 1. The zero-order valence-electron chi connectivity index (χ0n) is 19.9. The van der Waals surface area contributed by atoms with Gasteiger partial charge in [0.2, 0.25) is 5.75 Å². The van der Waals surface area contributed by atoms with E-state index < -0.39 is 15.9 Å². The summed E-state index contributed by atoms with van der Waals surface area (Å²) in [6.07, 6.45) is 0.676. The Hall–Kier alpha value is -3.83. The number of methoxy groups -OCH3 is 3. The Morgan fingerprint density at radius 1 is 0.944 bits per heavy atom. The fourth-order valence-electron chi connectivity index (χ4n) is 3.94. The van der Waals surface area contributed by atoms with Crippen LogP contribution in [0.1, 0.15) is 15.9 Å². The maximum Gasteiger partial charge on any atom is 0.264 e. The van der Waals surface area contributed by atoms with Crippen LogP contribution in [0.3, 0.4) is 0 Å². The van der Waals surface area contributed by atoms with Crippen LogP contribution in [-0.2, 0) is 16.4 Å². The number of nitrogens with zero attached hydrogens (tertiary/aromatic N) is 1. The summed E-state index contributed by atoms with van der Waals surface area (Å²) in [6.45, 7) is 0.402. The SMILES string of the molecule is COc1cc(C(=O)NC(=S)Nc2ccc(S(=O)(=O)N3CCc4ccccc43)cc2)cc(OC)c1OC. The predicted octanol–water partition coefficient (Wildman–Crippen LogP) is 3.59. The summed E-state index contributed by atoms with van der Waals surface area (Å²) in [7, 11) is 0.681. The van der Waals surface area contributed by atoms with Crippen LogP contribution in [-0.4, -0.2) is 47.3 Å². The number of ether oxygens (including phenoxy) is 3. The number of fused-ring (bicyclic) bond motifs is 1. The number of anilines is 2. The van der Waals surface area contributed by atoms with E-state index in [0.717, 1.165) is 5.56 Å². The fraction of sp³-hybridized carbons (Fsp3) is 0.200. The van der Waals surface area contributed by atoms with Gasteiger partial charge in [0.1, 0.15) is 0 Å². The summed E-state index contributed by atoms with van der Waals surface area (Å²) in [5.41, 5.74) is 2.48. The van der Waals surface area contributed by atoms with Crippen molar-refractivity contribution in [2.45, 2.75) is 11.3 Å². The molecule has 9 nitrogen and oxygen atoms in total. The lowest BCUT2D eigenvalue weighted by Gasteiger charge is -2.20. The lowest BCUT2D eigenvalue weighted by molar-refractivity contribution is 0.0977. The smallest absolute Gasteiger partial charge is 0.264 e. The standard InChI is InChI=1S/C25H25N3O6S2/c1-32-21-14-17(15-22(33-2)23(21)34-3)24(29)27-25(35)26-18-8-10-19(11-9-18)36(30,31)28-13-12-16-6-4-5-7-20(16)28/h4-11,14-15H,12-13H2,1-3H3,(H2,26,27,29,35). The van der Waals surface area contributed by atoms with Gasteiger partial charge >= 0.3 is 0 Å². The van der Waals surface area contributed by atoms with Crippen LogP contribution in [0.5, 0.6) is 17.2 Å². The van der Waals surface area contributed by atoms with Crippen molar-refractivity contribution in [3.8, 4) is 17.2 Å². The lowest BCUT2D eigenvalue weighted by Crippen LogP contribution is -2.34. The molecular formula is C25H25N3O6S2. The molecule has 0 atom stereocenters. The first kappa shape index (κ1) is 25.3. The largest absolute Gasteiger partial charge is 0.493 e. The van der Waals surface area contributed by atoms with E-state index in [4.69, 9.17) is 26.4 Å².